The lowest BCUT2D eigenvalue weighted by atomic mass is 9.64. The predicted octanol–water partition coefficient (Wildman–Crippen LogP) is 9.61. The molecular weight excluding hydrogens is 913 g/mol. The Morgan fingerprint density at radius 3 is 2.18 bits per heavy atom. The van der Waals surface area contributed by atoms with E-state index in [9.17, 15) is 20.0 Å². The van der Waals surface area contributed by atoms with Crippen LogP contribution in [0.2, 0.25) is 0 Å². The number of allylic oxidation sites excluding steroid dienone is 2. The number of rotatable bonds is 10. The van der Waals surface area contributed by atoms with E-state index in [4.69, 9.17) is 14.2 Å². The molecule has 0 bridgehead atoms. The van der Waals surface area contributed by atoms with Crippen molar-refractivity contribution in [3.8, 4) is 17.6 Å². The molecule has 3 fully saturated rings. The lowest BCUT2D eigenvalue weighted by Crippen LogP contribution is -2.56. The number of aliphatic hydroxyl groups excluding tert-OH is 1. The second kappa shape index (κ2) is 21.0. The smallest absolute Gasteiger partial charge is 0.421 e. The fraction of sp³-hybridized carbons (Fsp3) is 0.345. The number of nitrogens with zero attached hydrogens (tertiary/aromatic N) is 4. The molecule has 14 heteroatoms. The van der Waals surface area contributed by atoms with Gasteiger partial charge >= 0.3 is 12.1 Å². The van der Waals surface area contributed by atoms with Crippen molar-refractivity contribution in [1.29, 1.82) is 0 Å². The van der Waals surface area contributed by atoms with Gasteiger partial charge in [-0.25, -0.2) is 9.69 Å². The van der Waals surface area contributed by atoms with Gasteiger partial charge in [-0.1, -0.05) is 110 Å². The second-order valence-electron chi connectivity index (χ2n) is 19.1. The topological polar surface area (TPSA) is 169 Å². The number of aliphatic hydroxyl groups is 1. The average molecular weight is 969 g/mol. The first kappa shape index (κ1) is 48.0. The fourth-order valence-electron chi connectivity index (χ4n) is 11.6. The zero-order valence-electron chi connectivity index (χ0n) is 39.9. The normalized spacial score (nSPS) is 23.9. The number of imide groups is 1. The Kier molecular flexibility index (Phi) is 14.0. The van der Waals surface area contributed by atoms with Gasteiger partial charge in [0.15, 0.2) is 0 Å². The first-order valence-electron chi connectivity index (χ1n) is 25.0. The molecule has 6 atom stereocenters. The zero-order valence-corrected chi connectivity index (χ0v) is 39.9. The summed E-state index contributed by atoms with van der Waals surface area (Å²) in [5.41, 5.74) is 2.31. The maximum absolute atomic E-state index is 16.8. The quantitative estimate of drug-likeness (QED) is 0.0612. The number of nitro groups is 1. The monoisotopic (exact) mass is 968 g/mol. The molecule has 10 rings (SSSR count). The largest absolute Gasteiger partial charge is 0.491 e. The van der Waals surface area contributed by atoms with Gasteiger partial charge in [0.25, 0.3) is 5.69 Å². The van der Waals surface area contributed by atoms with Crippen LogP contribution < -0.4 is 9.64 Å². The third-order valence-electron chi connectivity index (χ3n) is 14.8. The first-order valence-corrected chi connectivity index (χ1v) is 25.0. The van der Waals surface area contributed by atoms with Gasteiger partial charge in [0.1, 0.15) is 36.5 Å². The molecule has 0 aromatic heterocycles. The standard InChI is InChI=1S/C58H56N4O10/c63-34-35-70-46-23-15-22-44(37-46)53-58(47-36-40(25-24-39-16-7-4-8-17-39)28-31-48(47)60(56(58)66)57(67)71-38-41-26-29-45(30-27-41)62(68)69)49(54(64)59-32-13-2-1-3-14-33-59)51-55(65)72-52(43-20-11-6-12-21-43)50(61(51)53)42-18-9-5-10-19-42/h5-6,9-12,15-16,18-23,26-31,36-37,49-53,63H,1-4,7-8,13-14,17,32-35,38H2. The number of nitro benzene ring substituents is 1. The zero-order chi connectivity index (χ0) is 49.8. The van der Waals surface area contributed by atoms with Crippen LogP contribution in [0.3, 0.4) is 0 Å². The van der Waals surface area contributed by atoms with Gasteiger partial charge in [0.2, 0.25) is 11.8 Å². The number of ether oxygens (including phenoxy) is 3. The van der Waals surface area contributed by atoms with Crippen molar-refractivity contribution in [3.05, 3.63) is 183 Å². The molecule has 4 aliphatic heterocycles. The number of amides is 3. The number of carbonyl (C=O) groups excluding carboxylic acids is 4. The summed E-state index contributed by atoms with van der Waals surface area (Å²) in [5.74, 6) is 3.78. The Hall–Kier alpha value is -7.60. The number of benzene rings is 5. The van der Waals surface area contributed by atoms with Gasteiger partial charge in [-0.3, -0.25) is 29.4 Å². The second-order valence-corrected chi connectivity index (χ2v) is 19.1. The molecule has 3 amide bonds. The molecule has 1 spiro atoms. The summed E-state index contributed by atoms with van der Waals surface area (Å²) in [5, 5.41) is 21.4. The Morgan fingerprint density at radius 1 is 0.778 bits per heavy atom. The summed E-state index contributed by atoms with van der Waals surface area (Å²) in [6.45, 7) is 0.189. The summed E-state index contributed by atoms with van der Waals surface area (Å²) < 4.78 is 18.7. The maximum Gasteiger partial charge on any atom is 0.421 e. The molecule has 1 N–H and O–H groups in total. The minimum atomic E-state index is -2.03. The highest BCUT2D eigenvalue weighted by Crippen LogP contribution is 2.66. The van der Waals surface area contributed by atoms with Crippen LogP contribution in [0.25, 0.3) is 0 Å². The minimum Gasteiger partial charge on any atom is -0.491 e. The number of morpholine rings is 1. The van der Waals surface area contributed by atoms with Crippen molar-refractivity contribution in [2.45, 2.75) is 94.0 Å². The Bertz CT molecular complexity index is 2940. The van der Waals surface area contributed by atoms with Crippen LogP contribution in [-0.4, -0.2) is 76.1 Å². The van der Waals surface area contributed by atoms with Crippen LogP contribution in [0.1, 0.15) is 109 Å². The van der Waals surface area contributed by atoms with Crippen LogP contribution in [-0.2, 0) is 35.9 Å². The van der Waals surface area contributed by atoms with Crippen molar-refractivity contribution in [1.82, 2.24) is 9.80 Å². The van der Waals surface area contributed by atoms with E-state index in [-0.39, 0.29) is 31.2 Å². The number of hydrogen-bond donors (Lipinski definition) is 1. The molecule has 3 saturated heterocycles. The van der Waals surface area contributed by atoms with Crippen molar-refractivity contribution in [2.75, 3.05) is 31.2 Å². The highest BCUT2D eigenvalue weighted by Gasteiger charge is 2.76. The molecule has 14 nitrogen and oxygen atoms in total. The number of anilines is 1. The number of esters is 1. The Labute approximate surface area is 418 Å². The molecule has 4 heterocycles. The van der Waals surface area contributed by atoms with Crippen LogP contribution in [0, 0.1) is 27.9 Å². The van der Waals surface area contributed by atoms with Gasteiger partial charge in [-0.2, -0.15) is 0 Å². The van der Waals surface area contributed by atoms with E-state index in [2.05, 4.69) is 17.9 Å². The van der Waals surface area contributed by atoms with E-state index >= 15 is 14.4 Å². The Balaban J connectivity index is 1.24. The van der Waals surface area contributed by atoms with E-state index in [1.54, 1.807) is 41.3 Å². The lowest BCUT2D eigenvalue weighted by molar-refractivity contribution is -0.384. The molecule has 0 radical (unpaired) electrons. The van der Waals surface area contributed by atoms with Crippen LogP contribution in [0.4, 0.5) is 16.2 Å². The maximum atomic E-state index is 16.8. The van der Waals surface area contributed by atoms with Gasteiger partial charge in [-0.05, 0) is 114 Å². The molecule has 368 valence electrons. The Morgan fingerprint density at radius 2 is 1.49 bits per heavy atom. The van der Waals surface area contributed by atoms with Crippen molar-refractivity contribution < 1.29 is 43.4 Å². The van der Waals surface area contributed by atoms with Gasteiger partial charge in [-0.15, -0.1) is 0 Å². The summed E-state index contributed by atoms with van der Waals surface area (Å²) in [6, 6.07) is 33.7. The number of likely N-dealkylation sites (tertiary alicyclic amines) is 1. The number of cyclic esters (lactones) is 1. The first-order chi connectivity index (χ1) is 35.2. The third kappa shape index (κ3) is 9.03. The summed E-state index contributed by atoms with van der Waals surface area (Å²) >= 11 is 0. The predicted molar refractivity (Wildman–Crippen MR) is 267 cm³/mol. The highest BCUT2D eigenvalue weighted by atomic mass is 16.6. The molecule has 5 aromatic carbocycles. The molecule has 0 saturated carbocycles. The summed E-state index contributed by atoms with van der Waals surface area (Å²) in [7, 11) is 0. The molecule has 72 heavy (non-hydrogen) atoms. The molecule has 5 aliphatic rings. The van der Waals surface area contributed by atoms with Gasteiger partial charge < -0.3 is 24.2 Å². The third-order valence-corrected chi connectivity index (χ3v) is 14.8. The molecule has 5 aromatic rings. The van der Waals surface area contributed by atoms with Gasteiger partial charge in [0.05, 0.1) is 35.2 Å². The van der Waals surface area contributed by atoms with E-state index in [0.29, 0.717) is 46.7 Å². The number of non-ortho nitro benzene ring substituents is 1. The van der Waals surface area contributed by atoms with Crippen molar-refractivity contribution >= 4 is 35.3 Å². The van der Waals surface area contributed by atoms with Crippen LogP contribution in [0.5, 0.6) is 5.75 Å². The number of hydrogen-bond acceptors (Lipinski definition) is 11. The number of carbonyl (C=O) groups is 4. The van der Waals surface area contributed by atoms with Crippen LogP contribution in [0.15, 0.2) is 139 Å². The lowest BCUT2D eigenvalue weighted by Gasteiger charge is -2.46. The summed E-state index contributed by atoms with van der Waals surface area (Å²) in [4.78, 5) is 79.4. The average Bonchev–Trinajstić information content (AvgIpc) is 3.86. The van der Waals surface area contributed by atoms with Crippen molar-refractivity contribution in [2.24, 2.45) is 5.92 Å². The SMILES string of the molecule is O=C1OC(c2ccccc2)C(c2ccccc2)N2C1C(C(=O)N1CCCCCCC1)C1(C(=O)N(C(=O)OCc3ccc([N+](=O)[O-])cc3)c3ccc(C#CC4=CCCCC4)cc31)C2c1cccc(OCCO)c1. The number of fused-ring (bicyclic) bond motifs is 3. The van der Waals surface area contributed by atoms with E-state index in [1.165, 1.54) is 24.3 Å². The van der Waals surface area contributed by atoms with E-state index in [1.807, 2.05) is 71.6 Å². The van der Waals surface area contributed by atoms with E-state index in [0.717, 1.165) is 73.8 Å². The van der Waals surface area contributed by atoms with Gasteiger partial charge in [0, 0.05) is 30.8 Å². The van der Waals surface area contributed by atoms with Crippen LogP contribution >= 0.6 is 0 Å². The van der Waals surface area contributed by atoms with Crippen molar-refractivity contribution in [3.63, 3.8) is 0 Å². The van der Waals surface area contributed by atoms with E-state index < -0.39 is 64.4 Å². The molecular formula is C58H56N4O10. The fourth-order valence-corrected chi connectivity index (χ4v) is 11.6. The highest BCUT2D eigenvalue weighted by molar-refractivity contribution is 6.23. The minimum absolute atomic E-state index is 0.0225. The molecule has 6 unspecified atom stereocenters. The summed E-state index contributed by atoms with van der Waals surface area (Å²) in [6.07, 6.45) is 8.34. The molecule has 1 aliphatic carbocycles.